The Hall–Kier alpha value is -1.50. The molecule has 2 aromatic rings. The molecule has 0 fully saturated rings. The molecule has 1 aliphatic rings. The molecule has 3 N–H and O–H groups in total. The van der Waals surface area contributed by atoms with E-state index in [1.165, 1.54) is 0 Å². The highest BCUT2D eigenvalue weighted by atomic mass is 35.5. The maximum atomic E-state index is 10.9. The zero-order valence-electron chi connectivity index (χ0n) is 12.5. The molecule has 122 valence electrons. The Bertz CT molecular complexity index is 741. The Kier molecular flexibility index (Phi) is 4.40. The highest BCUT2D eigenvalue weighted by molar-refractivity contribution is 6.36. The van der Waals surface area contributed by atoms with E-state index in [1.54, 1.807) is 37.4 Å². The van der Waals surface area contributed by atoms with E-state index in [0.717, 1.165) is 5.69 Å². The van der Waals surface area contributed by atoms with Gasteiger partial charge in [-0.05, 0) is 30.3 Å². The Balaban J connectivity index is 2.13. The molecule has 1 heterocycles. The lowest BCUT2D eigenvalue weighted by molar-refractivity contribution is 0.0270. The van der Waals surface area contributed by atoms with E-state index in [0.29, 0.717) is 27.0 Å². The molecule has 23 heavy (non-hydrogen) atoms. The van der Waals surface area contributed by atoms with Gasteiger partial charge < -0.3 is 14.9 Å². The Morgan fingerprint density at radius 3 is 2.65 bits per heavy atom. The number of ether oxygens (including phenoxy) is 1. The lowest BCUT2D eigenvalue weighted by atomic mass is 10.1. The molecule has 0 aromatic heterocycles. The summed E-state index contributed by atoms with van der Waals surface area (Å²) < 4.78 is 5.12. The van der Waals surface area contributed by atoms with Gasteiger partial charge in [0.2, 0.25) is 6.23 Å². The zero-order valence-corrected chi connectivity index (χ0v) is 14.0. The summed E-state index contributed by atoms with van der Waals surface area (Å²) in [6, 6.07) is 10.5. The molecular formula is C16H17Cl2N2O3+. The number of benzene rings is 2. The van der Waals surface area contributed by atoms with Crippen molar-refractivity contribution in [1.29, 1.82) is 0 Å². The lowest BCUT2D eigenvalue weighted by Crippen LogP contribution is -2.54. The van der Waals surface area contributed by atoms with E-state index in [1.807, 2.05) is 6.07 Å². The third-order valence-electron chi connectivity index (χ3n) is 4.07. The molecule has 0 amide bonds. The Morgan fingerprint density at radius 2 is 2.00 bits per heavy atom. The van der Waals surface area contributed by atoms with Crippen LogP contribution in [0.5, 0.6) is 5.75 Å². The molecule has 2 aromatic carbocycles. The van der Waals surface area contributed by atoms with E-state index in [9.17, 15) is 10.2 Å². The van der Waals surface area contributed by atoms with Crippen molar-refractivity contribution in [3.05, 3.63) is 52.0 Å². The summed E-state index contributed by atoms with van der Waals surface area (Å²) in [4.78, 5) is 0. The highest BCUT2D eigenvalue weighted by Gasteiger charge is 2.48. The topological polar surface area (TPSA) is 61.7 Å². The molecular weight excluding hydrogens is 339 g/mol. The van der Waals surface area contributed by atoms with Crippen molar-refractivity contribution < 1.29 is 14.9 Å². The SMILES string of the molecule is COc1ccc2c(c1)C(O)[N+](CCO)(c1ccc(Cl)cc1Cl)N2. The first-order valence-electron chi connectivity index (χ1n) is 7.10. The van der Waals surface area contributed by atoms with Crippen LogP contribution in [0.4, 0.5) is 11.4 Å². The van der Waals surface area contributed by atoms with Crippen molar-refractivity contribution in [1.82, 2.24) is 4.59 Å². The predicted molar refractivity (Wildman–Crippen MR) is 91.8 cm³/mol. The summed E-state index contributed by atoms with van der Waals surface area (Å²) >= 11 is 12.3. The second kappa shape index (κ2) is 6.19. The average molecular weight is 356 g/mol. The van der Waals surface area contributed by atoms with Gasteiger partial charge in [-0.3, -0.25) is 0 Å². The van der Waals surface area contributed by atoms with Crippen molar-refractivity contribution in [2.24, 2.45) is 0 Å². The van der Waals surface area contributed by atoms with Crippen LogP contribution in [-0.2, 0) is 0 Å². The fourth-order valence-electron chi connectivity index (χ4n) is 2.95. The van der Waals surface area contributed by atoms with Crippen LogP contribution in [0.25, 0.3) is 0 Å². The molecule has 0 bridgehead atoms. The van der Waals surface area contributed by atoms with Gasteiger partial charge in [0.25, 0.3) is 0 Å². The molecule has 0 saturated heterocycles. The number of quaternary nitrogens is 1. The number of rotatable bonds is 4. The second-order valence-corrected chi connectivity index (χ2v) is 6.19. The van der Waals surface area contributed by atoms with Crippen LogP contribution in [0.15, 0.2) is 36.4 Å². The van der Waals surface area contributed by atoms with Gasteiger partial charge in [-0.15, -0.1) is 0 Å². The first-order chi connectivity index (χ1) is 11.0. The number of halogens is 2. The van der Waals surface area contributed by atoms with Gasteiger partial charge in [0.05, 0.1) is 25.0 Å². The summed E-state index contributed by atoms with van der Waals surface area (Å²) in [6.45, 7) is 0.105. The van der Waals surface area contributed by atoms with Crippen LogP contribution in [-0.4, -0.2) is 30.5 Å². The number of nitrogens with one attached hydrogen (secondary N) is 1. The molecule has 3 rings (SSSR count). The molecule has 0 aliphatic carbocycles. The Labute approximate surface area is 144 Å². The smallest absolute Gasteiger partial charge is 0.247 e. The number of methoxy groups -OCH3 is 1. The molecule has 0 spiro atoms. The average Bonchev–Trinajstić information content (AvgIpc) is 2.80. The largest absolute Gasteiger partial charge is 0.497 e. The minimum absolute atomic E-state index is 0.102. The minimum Gasteiger partial charge on any atom is -0.497 e. The minimum atomic E-state index is -0.939. The number of aliphatic hydroxyl groups excluding tert-OH is 2. The van der Waals surface area contributed by atoms with Crippen LogP contribution in [0.2, 0.25) is 10.0 Å². The first-order valence-corrected chi connectivity index (χ1v) is 7.86. The predicted octanol–water partition coefficient (Wildman–Crippen LogP) is 3.33. The number of hydrogen-bond acceptors (Lipinski definition) is 4. The molecule has 5 nitrogen and oxygen atoms in total. The second-order valence-electron chi connectivity index (χ2n) is 5.35. The Morgan fingerprint density at radius 1 is 1.22 bits per heavy atom. The van der Waals surface area contributed by atoms with Gasteiger partial charge in [0, 0.05) is 11.1 Å². The third kappa shape index (κ3) is 2.65. The van der Waals surface area contributed by atoms with Crippen molar-refractivity contribution >= 4 is 34.6 Å². The summed E-state index contributed by atoms with van der Waals surface area (Å²) in [5.41, 5.74) is 5.35. The fourth-order valence-corrected chi connectivity index (χ4v) is 3.51. The summed E-state index contributed by atoms with van der Waals surface area (Å²) in [5.74, 6) is 0.649. The van der Waals surface area contributed by atoms with Crippen molar-refractivity contribution in [3.8, 4) is 5.75 Å². The van der Waals surface area contributed by atoms with Gasteiger partial charge in [-0.25, -0.2) is 5.43 Å². The van der Waals surface area contributed by atoms with E-state index < -0.39 is 6.23 Å². The van der Waals surface area contributed by atoms with Gasteiger partial charge in [-0.2, -0.15) is 4.59 Å². The first kappa shape index (κ1) is 16.4. The fraction of sp³-hybridized carbons (Fsp3) is 0.250. The van der Waals surface area contributed by atoms with Crippen LogP contribution in [0.1, 0.15) is 11.8 Å². The summed E-state index contributed by atoms with van der Waals surface area (Å²) in [7, 11) is 1.57. The van der Waals surface area contributed by atoms with Crippen LogP contribution in [0, 0.1) is 0 Å². The molecule has 0 saturated carbocycles. The maximum Gasteiger partial charge on any atom is 0.247 e. The zero-order chi connectivity index (χ0) is 16.6. The number of fused-ring (bicyclic) bond motifs is 1. The van der Waals surface area contributed by atoms with Crippen LogP contribution < -0.4 is 14.8 Å². The van der Waals surface area contributed by atoms with Gasteiger partial charge >= 0.3 is 0 Å². The van der Waals surface area contributed by atoms with Crippen molar-refractivity contribution in [2.75, 3.05) is 25.7 Å². The summed E-state index contributed by atoms with van der Waals surface area (Å²) in [6.07, 6.45) is -0.939. The van der Waals surface area contributed by atoms with Crippen molar-refractivity contribution in [2.45, 2.75) is 6.23 Å². The van der Waals surface area contributed by atoms with E-state index in [2.05, 4.69) is 5.43 Å². The van der Waals surface area contributed by atoms with E-state index in [-0.39, 0.29) is 17.7 Å². The monoisotopic (exact) mass is 355 g/mol. The normalized spacial score (nSPS) is 22.6. The van der Waals surface area contributed by atoms with Crippen LogP contribution in [0.3, 0.4) is 0 Å². The third-order valence-corrected chi connectivity index (χ3v) is 4.60. The highest BCUT2D eigenvalue weighted by Crippen LogP contribution is 2.47. The van der Waals surface area contributed by atoms with Gasteiger partial charge in [0.1, 0.15) is 17.3 Å². The molecule has 2 unspecified atom stereocenters. The number of aliphatic hydroxyl groups is 2. The standard InChI is InChI=1S/C16H17Cl2N2O3/c1-23-11-3-4-14-12(9-11)16(22)20(19-14,6-7-21)15-5-2-10(17)8-13(15)18/h2-5,8-9,16,19,21-22H,6-7H2,1H3/q+1. The van der Waals surface area contributed by atoms with E-state index >= 15 is 0 Å². The van der Waals surface area contributed by atoms with Crippen LogP contribution >= 0.6 is 23.2 Å². The number of nitrogens with zero attached hydrogens (tertiary/aromatic N) is 1. The molecule has 0 radical (unpaired) electrons. The molecule has 1 aliphatic heterocycles. The molecule has 2 atom stereocenters. The van der Waals surface area contributed by atoms with Crippen molar-refractivity contribution in [3.63, 3.8) is 0 Å². The molecule has 7 heteroatoms. The lowest BCUT2D eigenvalue weighted by Gasteiger charge is -2.35. The van der Waals surface area contributed by atoms with E-state index in [4.69, 9.17) is 27.9 Å². The summed E-state index contributed by atoms with van der Waals surface area (Å²) in [5, 5.41) is 21.4. The van der Waals surface area contributed by atoms with Gasteiger partial charge in [-0.1, -0.05) is 23.2 Å². The number of hydrogen-bond donors (Lipinski definition) is 3. The number of anilines is 1. The quantitative estimate of drug-likeness (QED) is 0.736. The van der Waals surface area contributed by atoms with Gasteiger partial charge in [0.15, 0.2) is 5.69 Å². The maximum absolute atomic E-state index is 10.9.